The van der Waals surface area contributed by atoms with Crippen LogP contribution in [-0.4, -0.2) is 32.6 Å². The Morgan fingerprint density at radius 3 is 2.48 bits per heavy atom. The molecule has 1 aliphatic carbocycles. The van der Waals surface area contributed by atoms with E-state index >= 15 is 0 Å². The number of ketones is 1. The number of methoxy groups -OCH3 is 2. The molecule has 0 fully saturated rings. The number of fused-ring (bicyclic) bond motifs is 2. The zero-order valence-electron chi connectivity index (χ0n) is 17.7. The fourth-order valence-electron chi connectivity index (χ4n) is 4.22. The molecule has 2 aliphatic rings. The Balaban J connectivity index is 1.98. The molecule has 1 N–H and O–H groups in total. The molecule has 2 aromatic rings. The largest absolute Gasteiger partial charge is 0.493 e. The number of benzene rings is 2. The van der Waals surface area contributed by atoms with Gasteiger partial charge in [0.15, 0.2) is 17.3 Å². The van der Waals surface area contributed by atoms with Crippen molar-refractivity contribution >= 4 is 29.1 Å². The first-order chi connectivity index (χ1) is 14.9. The highest BCUT2D eigenvalue weighted by Gasteiger charge is 2.43. The van der Waals surface area contributed by atoms with Gasteiger partial charge in [0.2, 0.25) is 0 Å². The molecule has 7 heteroatoms. The molecule has 0 radical (unpaired) electrons. The van der Waals surface area contributed by atoms with Crippen molar-refractivity contribution < 1.29 is 23.8 Å². The van der Waals surface area contributed by atoms with Gasteiger partial charge in [-0.1, -0.05) is 35.9 Å². The number of halogens is 1. The van der Waals surface area contributed by atoms with E-state index in [4.69, 9.17) is 25.8 Å². The molecular formula is C24H22ClNO5. The van der Waals surface area contributed by atoms with Crippen LogP contribution in [0, 0.1) is 0 Å². The van der Waals surface area contributed by atoms with Crippen molar-refractivity contribution in [2.45, 2.75) is 19.8 Å². The highest BCUT2D eigenvalue weighted by molar-refractivity contribution is 6.32. The Labute approximate surface area is 185 Å². The van der Waals surface area contributed by atoms with Gasteiger partial charge in [-0.15, -0.1) is 0 Å². The van der Waals surface area contributed by atoms with Crippen molar-refractivity contribution in [1.29, 1.82) is 0 Å². The van der Waals surface area contributed by atoms with Crippen LogP contribution in [0.15, 0.2) is 53.2 Å². The van der Waals surface area contributed by atoms with Crippen LogP contribution in [0.1, 0.15) is 41.3 Å². The number of dihydropyridines is 1. The van der Waals surface area contributed by atoms with Gasteiger partial charge in [0.25, 0.3) is 0 Å². The van der Waals surface area contributed by atoms with Crippen LogP contribution in [-0.2, 0) is 9.53 Å². The normalized spacial score (nSPS) is 17.2. The Bertz CT molecular complexity index is 1160. The van der Waals surface area contributed by atoms with Crippen LogP contribution in [0.25, 0.3) is 5.70 Å². The first kappa shape index (κ1) is 21.0. The Morgan fingerprint density at radius 2 is 1.84 bits per heavy atom. The third-order valence-corrected chi connectivity index (χ3v) is 5.88. The fourth-order valence-corrected chi connectivity index (χ4v) is 4.48. The van der Waals surface area contributed by atoms with Gasteiger partial charge < -0.3 is 19.5 Å². The van der Waals surface area contributed by atoms with Crippen molar-refractivity contribution in [2.24, 2.45) is 0 Å². The minimum atomic E-state index is -0.722. The standard InChI is InChI=1S/C24H22ClNO5/c1-5-31-18-11-16(25)15(10-17(18)29-3)20-19(24(28)30-4)12(2)26-22-13-8-6-7-9-14(13)23(27)21(20)22/h6-11,20,26H,5H2,1-4H3/t20-/m0/s1. The predicted octanol–water partition coefficient (Wildman–Crippen LogP) is 4.49. The first-order valence-electron chi connectivity index (χ1n) is 9.87. The molecule has 0 amide bonds. The number of rotatable bonds is 5. The molecular weight excluding hydrogens is 418 g/mol. The third kappa shape index (κ3) is 3.27. The Kier molecular flexibility index (Phi) is 5.50. The van der Waals surface area contributed by atoms with Crippen molar-refractivity contribution in [3.05, 3.63) is 75.0 Å². The van der Waals surface area contributed by atoms with Crippen LogP contribution in [0.5, 0.6) is 11.5 Å². The number of carbonyl (C=O) groups excluding carboxylic acids is 2. The third-order valence-electron chi connectivity index (χ3n) is 5.55. The van der Waals surface area contributed by atoms with Gasteiger partial charge in [-0.05, 0) is 25.5 Å². The summed E-state index contributed by atoms with van der Waals surface area (Å²) in [6.07, 6.45) is 0. The number of hydrogen-bond acceptors (Lipinski definition) is 6. The van der Waals surface area contributed by atoms with Gasteiger partial charge >= 0.3 is 5.97 Å². The number of allylic oxidation sites excluding steroid dienone is 2. The maximum atomic E-state index is 13.4. The zero-order chi connectivity index (χ0) is 22.3. The SMILES string of the molecule is CCOc1cc(Cl)c([C@H]2C(C(=O)OC)=C(C)NC3=C2C(=O)c2ccccc23)cc1OC. The van der Waals surface area contributed by atoms with Gasteiger partial charge in [0.1, 0.15) is 0 Å². The summed E-state index contributed by atoms with van der Waals surface area (Å²) in [5, 5.41) is 3.61. The molecule has 0 saturated heterocycles. The molecule has 1 heterocycles. The maximum absolute atomic E-state index is 13.4. The molecule has 6 nitrogen and oxygen atoms in total. The second kappa shape index (κ2) is 8.12. The Morgan fingerprint density at radius 1 is 1.13 bits per heavy atom. The summed E-state index contributed by atoms with van der Waals surface area (Å²) in [6, 6.07) is 10.7. The molecule has 0 unspecified atom stereocenters. The lowest BCUT2D eigenvalue weighted by Gasteiger charge is -2.30. The topological polar surface area (TPSA) is 73.9 Å². The lowest BCUT2D eigenvalue weighted by atomic mass is 9.79. The Hall–Kier alpha value is -3.25. The van der Waals surface area contributed by atoms with E-state index in [2.05, 4.69) is 5.32 Å². The minimum absolute atomic E-state index is 0.152. The molecule has 1 aliphatic heterocycles. The lowest BCUT2D eigenvalue weighted by Crippen LogP contribution is -2.29. The number of esters is 1. The van der Waals surface area contributed by atoms with Gasteiger partial charge in [0, 0.05) is 33.5 Å². The number of hydrogen-bond donors (Lipinski definition) is 1. The van der Waals surface area contributed by atoms with E-state index in [9.17, 15) is 9.59 Å². The highest BCUT2D eigenvalue weighted by Crippen LogP contribution is 2.49. The van der Waals surface area contributed by atoms with E-state index in [1.54, 1.807) is 25.1 Å². The molecule has 0 spiro atoms. The van der Waals surface area contributed by atoms with Gasteiger partial charge in [-0.25, -0.2) is 4.79 Å². The number of Topliss-reactive ketones (excluding diaryl/α,β-unsaturated/α-hetero) is 1. The van der Waals surface area contributed by atoms with E-state index in [1.807, 2.05) is 25.1 Å². The van der Waals surface area contributed by atoms with Crippen LogP contribution in [0.3, 0.4) is 0 Å². The van der Waals surface area contributed by atoms with E-state index in [-0.39, 0.29) is 5.78 Å². The number of carbonyl (C=O) groups is 2. The summed E-state index contributed by atoms with van der Waals surface area (Å²) in [6.45, 7) is 4.09. The second-order valence-corrected chi connectivity index (χ2v) is 7.62. The maximum Gasteiger partial charge on any atom is 0.336 e. The van der Waals surface area contributed by atoms with Crippen molar-refractivity contribution in [1.82, 2.24) is 5.32 Å². The summed E-state index contributed by atoms with van der Waals surface area (Å²) in [5.41, 5.74) is 4.01. The van der Waals surface area contributed by atoms with Crippen LogP contribution in [0.2, 0.25) is 5.02 Å². The van der Waals surface area contributed by atoms with E-state index in [0.29, 0.717) is 56.8 Å². The molecule has 2 aromatic carbocycles. The van der Waals surface area contributed by atoms with E-state index in [0.717, 1.165) is 5.56 Å². The molecule has 1 atom stereocenters. The summed E-state index contributed by atoms with van der Waals surface area (Å²) in [7, 11) is 2.84. The summed E-state index contributed by atoms with van der Waals surface area (Å²) in [5.74, 6) is -0.453. The van der Waals surface area contributed by atoms with Crippen LogP contribution < -0.4 is 14.8 Å². The van der Waals surface area contributed by atoms with Crippen molar-refractivity contribution in [3.8, 4) is 11.5 Å². The molecule has 0 bridgehead atoms. The summed E-state index contributed by atoms with van der Waals surface area (Å²) in [4.78, 5) is 26.3. The monoisotopic (exact) mass is 439 g/mol. The molecule has 4 rings (SSSR count). The quantitative estimate of drug-likeness (QED) is 0.692. The second-order valence-electron chi connectivity index (χ2n) is 7.21. The highest BCUT2D eigenvalue weighted by atomic mass is 35.5. The summed E-state index contributed by atoms with van der Waals surface area (Å²) < 4.78 is 16.2. The van der Waals surface area contributed by atoms with Crippen molar-refractivity contribution in [3.63, 3.8) is 0 Å². The van der Waals surface area contributed by atoms with E-state index in [1.165, 1.54) is 14.2 Å². The number of nitrogens with one attached hydrogen (secondary N) is 1. The van der Waals surface area contributed by atoms with Gasteiger partial charge in [0.05, 0.1) is 38.0 Å². The van der Waals surface area contributed by atoms with Crippen molar-refractivity contribution in [2.75, 3.05) is 20.8 Å². The van der Waals surface area contributed by atoms with Gasteiger partial charge in [-0.2, -0.15) is 0 Å². The van der Waals surface area contributed by atoms with Crippen LogP contribution in [0.4, 0.5) is 0 Å². The molecule has 0 saturated carbocycles. The molecule has 160 valence electrons. The minimum Gasteiger partial charge on any atom is -0.493 e. The lowest BCUT2D eigenvalue weighted by molar-refractivity contribution is -0.136. The molecule has 0 aromatic heterocycles. The smallest absolute Gasteiger partial charge is 0.336 e. The first-order valence-corrected chi connectivity index (χ1v) is 10.2. The van der Waals surface area contributed by atoms with Gasteiger partial charge in [-0.3, -0.25) is 4.79 Å². The molecule has 31 heavy (non-hydrogen) atoms. The average molecular weight is 440 g/mol. The zero-order valence-corrected chi connectivity index (χ0v) is 18.4. The van der Waals surface area contributed by atoms with E-state index < -0.39 is 11.9 Å². The fraction of sp³-hybridized carbons (Fsp3) is 0.250. The summed E-state index contributed by atoms with van der Waals surface area (Å²) >= 11 is 6.67. The predicted molar refractivity (Wildman–Crippen MR) is 117 cm³/mol. The average Bonchev–Trinajstić information content (AvgIpc) is 3.05. The number of ether oxygens (including phenoxy) is 3. The van der Waals surface area contributed by atoms with Crippen LogP contribution >= 0.6 is 11.6 Å².